The van der Waals surface area contributed by atoms with Gasteiger partial charge in [0.1, 0.15) is 6.61 Å². The summed E-state index contributed by atoms with van der Waals surface area (Å²) in [5, 5.41) is 0. The van der Waals surface area contributed by atoms with Gasteiger partial charge in [-0.2, -0.15) is 0 Å². The van der Waals surface area contributed by atoms with Crippen LogP contribution < -0.4 is 0 Å². The summed E-state index contributed by atoms with van der Waals surface area (Å²) in [7, 11) is 0. The van der Waals surface area contributed by atoms with Crippen molar-refractivity contribution in [1.29, 1.82) is 0 Å². The van der Waals surface area contributed by atoms with Crippen LogP contribution in [0.2, 0.25) is 0 Å². The number of carbonyl (C=O) groups is 2. The molecule has 9 heavy (non-hydrogen) atoms. The van der Waals surface area contributed by atoms with Gasteiger partial charge in [-0.1, -0.05) is 0 Å². The van der Waals surface area contributed by atoms with Gasteiger partial charge < -0.3 is 9.47 Å². The van der Waals surface area contributed by atoms with Crippen LogP contribution in [0.4, 0.5) is 0 Å². The number of cyclic esters (lactones) is 2. The third kappa shape index (κ3) is 1.26. The first-order valence-corrected chi connectivity index (χ1v) is 2.56. The molecule has 50 valence electrons. The van der Waals surface area contributed by atoms with E-state index in [0.717, 1.165) is 0 Å². The molecule has 4 heteroatoms. The molecule has 0 saturated carbocycles. The van der Waals surface area contributed by atoms with Crippen molar-refractivity contribution >= 4 is 11.9 Å². The Morgan fingerprint density at radius 1 is 1.56 bits per heavy atom. The molecular weight excluding hydrogens is 124 g/mol. The Morgan fingerprint density at radius 3 is 2.67 bits per heavy atom. The molecule has 0 amide bonds. The number of rotatable bonds is 0. The summed E-state index contributed by atoms with van der Waals surface area (Å²) in [6.07, 6.45) is -0.595. The second-order valence-electron chi connectivity index (χ2n) is 1.75. The van der Waals surface area contributed by atoms with E-state index in [4.69, 9.17) is 0 Å². The fourth-order valence-electron chi connectivity index (χ4n) is 0.486. The molecular formula is C5H6O4. The first kappa shape index (κ1) is 6.22. The third-order valence-corrected chi connectivity index (χ3v) is 0.998. The topological polar surface area (TPSA) is 52.6 Å². The van der Waals surface area contributed by atoms with Gasteiger partial charge in [-0.25, -0.2) is 9.59 Å². The van der Waals surface area contributed by atoms with Crippen LogP contribution in [-0.2, 0) is 19.1 Å². The maximum absolute atomic E-state index is 10.4. The highest BCUT2D eigenvalue weighted by Gasteiger charge is 2.25. The van der Waals surface area contributed by atoms with Gasteiger partial charge >= 0.3 is 11.9 Å². The fraction of sp³-hybridized carbons (Fsp3) is 0.600. The van der Waals surface area contributed by atoms with Crippen molar-refractivity contribution < 1.29 is 19.1 Å². The van der Waals surface area contributed by atoms with E-state index in [1.54, 1.807) is 0 Å². The lowest BCUT2D eigenvalue weighted by atomic mass is 10.4. The van der Waals surface area contributed by atoms with Gasteiger partial charge in [-0.3, -0.25) is 0 Å². The Labute approximate surface area is 51.7 Å². The van der Waals surface area contributed by atoms with E-state index in [9.17, 15) is 9.59 Å². The monoisotopic (exact) mass is 130 g/mol. The zero-order valence-corrected chi connectivity index (χ0v) is 4.92. The van der Waals surface area contributed by atoms with Crippen molar-refractivity contribution in [2.45, 2.75) is 13.0 Å². The van der Waals surface area contributed by atoms with E-state index in [-0.39, 0.29) is 6.61 Å². The molecule has 0 aliphatic carbocycles. The number of carbonyl (C=O) groups excluding carboxylic acids is 2. The molecule has 1 heterocycles. The van der Waals surface area contributed by atoms with Crippen molar-refractivity contribution in [3.8, 4) is 0 Å². The number of hydrogen-bond donors (Lipinski definition) is 0. The zero-order chi connectivity index (χ0) is 6.85. The number of ether oxygens (including phenoxy) is 2. The molecule has 1 atom stereocenters. The Bertz CT molecular complexity index is 151. The molecule has 0 aromatic rings. The molecule has 0 N–H and O–H groups in total. The van der Waals surface area contributed by atoms with Gasteiger partial charge in [0.25, 0.3) is 0 Å². The van der Waals surface area contributed by atoms with Crippen LogP contribution in [0.3, 0.4) is 0 Å². The Kier molecular flexibility index (Phi) is 1.48. The molecule has 4 nitrogen and oxygen atoms in total. The highest BCUT2D eigenvalue weighted by molar-refractivity contribution is 5.90. The predicted molar refractivity (Wildman–Crippen MR) is 26.5 cm³/mol. The summed E-state index contributed by atoms with van der Waals surface area (Å²) in [6.45, 7) is 1.42. The average Bonchev–Trinajstić information content (AvgIpc) is 1.80. The van der Waals surface area contributed by atoms with Crippen molar-refractivity contribution in [3.63, 3.8) is 0 Å². The molecule has 0 radical (unpaired) electrons. The van der Waals surface area contributed by atoms with Crippen LogP contribution in [0.1, 0.15) is 6.92 Å². The van der Waals surface area contributed by atoms with E-state index in [2.05, 4.69) is 9.47 Å². The summed E-state index contributed by atoms with van der Waals surface area (Å²) >= 11 is 0. The highest BCUT2D eigenvalue weighted by Crippen LogP contribution is 2.01. The second kappa shape index (κ2) is 2.14. The minimum atomic E-state index is -0.613. The summed E-state index contributed by atoms with van der Waals surface area (Å²) in [6, 6.07) is 0. The summed E-state index contributed by atoms with van der Waals surface area (Å²) in [5.41, 5.74) is 0. The van der Waals surface area contributed by atoms with Gasteiger partial charge in [-0.05, 0) is 6.92 Å². The maximum atomic E-state index is 10.4. The number of esters is 2. The first-order chi connectivity index (χ1) is 4.20. The zero-order valence-electron chi connectivity index (χ0n) is 4.92. The van der Waals surface area contributed by atoms with E-state index in [1.807, 2.05) is 0 Å². The lowest BCUT2D eigenvalue weighted by molar-refractivity contribution is -0.181. The standard InChI is InChI=1S/C5H6O4/c1-3-5(7)9-4(6)2-8-3/h3H,2H2,1H3. The SMILES string of the molecule is CC1OCC(=O)OC1=O. The molecule has 1 saturated heterocycles. The summed E-state index contributed by atoms with van der Waals surface area (Å²) in [4.78, 5) is 20.7. The molecule has 1 fully saturated rings. The van der Waals surface area contributed by atoms with Crippen LogP contribution >= 0.6 is 0 Å². The average molecular weight is 130 g/mol. The maximum Gasteiger partial charge on any atom is 0.342 e. The predicted octanol–water partition coefficient (Wildman–Crippen LogP) is -0.525. The van der Waals surface area contributed by atoms with Gasteiger partial charge in [0.2, 0.25) is 0 Å². The highest BCUT2D eigenvalue weighted by atomic mass is 16.6. The molecule has 1 aliphatic heterocycles. The van der Waals surface area contributed by atoms with Gasteiger partial charge in [0.15, 0.2) is 6.10 Å². The van der Waals surface area contributed by atoms with E-state index in [1.165, 1.54) is 6.92 Å². The lowest BCUT2D eigenvalue weighted by Crippen LogP contribution is -2.35. The van der Waals surface area contributed by atoms with E-state index in [0.29, 0.717) is 0 Å². The van der Waals surface area contributed by atoms with E-state index < -0.39 is 18.0 Å². The summed E-state index contributed by atoms with van der Waals surface area (Å²) in [5.74, 6) is -1.22. The molecule has 1 aliphatic rings. The Hall–Kier alpha value is -0.900. The van der Waals surface area contributed by atoms with Crippen molar-refractivity contribution in [3.05, 3.63) is 0 Å². The fourth-order valence-corrected chi connectivity index (χ4v) is 0.486. The van der Waals surface area contributed by atoms with Crippen molar-refractivity contribution in [2.24, 2.45) is 0 Å². The number of hydrogen-bond acceptors (Lipinski definition) is 4. The Morgan fingerprint density at radius 2 is 2.22 bits per heavy atom. The van der Waals surface area contributed by atoms with Crippen LogP contribution in [-0.4, -0.2) is 24.6 Å². The smallest absolute Gasteiger partial charge is 0.342 e. The second-order valence-corrected chi connectivity index (χ2v) is 1.75. The molecule has 0 aromatic heterocycles. The van der Waals surface area contributed by atoms with Crippen molar-refractivity contribution in [1.82, 2.24) is 0 Å². The Balaban J connectivity index is 2.54. The minimum Gasteiger partial charge on any atom is -0.389 e. The molecule has 1 rings (SSSR count). The van der Waals surface area contributed by atoms with Gasteiger partial charge in [0, 0.05) is 0 Å². The molecule has 1 unspecified atom stereocenters. The normalized spacial score (nSPS) is 27.9. The van der Waals surface area contributed by atoms with Crippen molar-refractivity contribution in [2.75, 3.05) is 6.61 Å². The van der Waals surface area contributed by atoms with Crippen LogP contribution in [0, 0.1) is 0 Å². The van der Waals surface area contributed by atoms with Crippen LogP contribution in [0.15, 0.2) is 0 Å². The summed E-state index contributed by atoms with van der Waals surface area (Å²) < 4.78 is 8.87. The minimum absolute atomic E-state index is 0.118. The first-order valence-electron chi connectivity index (χ1n) is 2.56. The van der Waals surface area contributed by atoms with Crippen LogP contribution in [0.5, 0.6) is 0 Å². The third-order valence-electron chi connectivity index (χ3n) is 0.998. The van der Waals surface area contributed by atoms with E-state index >= 15 is 0 Å². The largest absolute Gasteiger partial charge is 0.389 e. The van der Waals surface area contributed by atoms with Gasteiger partial charge in [-0.15, -0.1) is 0 Å². The molecule has 0 spiro atoms. The quantitative estimate of drug-likeness (QED) is 0.327. The molecule has 0 aromatic carbocycles. The molecule has 0 bridgehead atoms. The van der Waals surface area contributed by atoms with Gasteiger partial charge in [0.05, 0.1) is 0 Å². The van der Waals surface area contributed by atoms with Crippen LogP contribution in [0.25, 0.3) is 0 Å². The lowest BCUT2D eigenvalue weighted by Gasteiger charge is -2.15.